The van der Waals surface area contributed by atoms with E-state index in [4.69, 9.17) is 5.73 Å². The van der Waals surface area contributed by atoms with Crippen molar-refractivity contribution < 1.29 is 9.90 Å². The van der Waals surface area contributed by atoms with Gasteiger partial charge in [-0.2, -0.15) is 0 Å². The molecule has 0 spiro atoms. The number of anilines is 1. The molecule has 0 unspecified atom stereocenters. The van der Waals surface area contributed by atoms with Crippen molar-refractivity contribution in [3.63, 3.8) is 0 Å². The molecule has 1 amide bonds. The Morgan fingerprint density at radius 2 is 1.95 bits per heavy atom. The van der Waals surface area contributed by atoms with Crippen LogP contribution in [-0.2, 0) is 6.54 Å². The second kappa shape index (κ2) is 5.44. The van der Waals surface area contributed by atoms with Crippen LogP contribution in [0.25, 0.3) is 0 Å². The fourth-order valence-electron chi connectivity index (χ4n) is 1.90. The third-order valence-corrected chi connectivity index (χ3v) is 2.81. The first kappa shape index (κ1) is 13.0. The summed E-state index contributed by atoms with van der Waals surface area (Å²) in [5.74, 6) is -0.0541. The van der Waals surface area contributed by atoms with Crippen molar-refractivity contribution in [2.24, 2.45) is 0 Å². The van der Waals surface area contributed by atoms with Gasteiger partial charge in [0.15, 0.2) is 0 Å². The lowest BCUT2D eigenvalue weighted by Gasteiger charge is -2.17. The molecule has 0 aromatic heterocycles. The predicted molar refractivity (Wildman–Crippen MR) is 74.8 cm³/mol. The Labute approximate surface area is 112 Å². The van der Waals surface area contributed by atoms with Crippen LogP contribution in [0.1, 0.15) is 15.9 Å². The summed E-state index contributed by atoms with van der Waals surface area (Å²) < 4.78 is 0. The average Bonchev–Trinajstić information content (AvgIpc) is 2.38. The van der Waals surface area contributed by atoms with Crippen LogP contribution in [0.4, 0.5) is 5.69 Å². The Hall–Kier alpha value is -2.49. The second-order valence-corrected chi connectivity index (χ2v) is 4.46. The molecule has 2 rings (SSSR count). The van der Waals surface area contributed by atoms with Crippen molar-refractivity contribution >= 4 is 11.6 Å². The van der Waals surface area contributed by atoms with Crippen molar-refractivity contribution in [2.45, 2.75) is 6.54 Å². The molecule has 0 saturated heterocycles. The van der Waals surface area contributed by atoms with E-state index in [2.05, 4.69) is 0 Å². The van der Waals surface area contributed by atoms with Gasteiger partial charge in [-0.1, -0.05) is 18.2 Å². The summed E-state index contributed by atoms with van der Waals surface area (Å²) in [5.41, 5.74) is 7.81. The first-order valence-electron chi connectivity index (χ1n) is 5.95. The van der Waals surface area contributed by atoms with Crippen LogP contribution in [0, 0.1) is 0 Å². The summed E-state index contributed by atoms with van der Waals surface area (Å²) in [7, 11) is 1.72. The van der Waals surface area contributed by atoms with Gasteiger partial charge in [0.2, 0.25) is 0 Å². The zero-order chi connectivity index (χ0) is 13.8. The van der Waals surface area contributed by atoms with Gasteiger partial charge in [-0.3, -0.25) is 4.79 Å². The van der Waals surface area contributed by atoms with Gasteiger partial charge in [-0.05, 0) is 35.9 Å². The summed E-state index contributed by atoms with van der Waals surface area (Å²) >= 11 is 0. The normalized spacial score (nSPS) is 10.2. The van der Waals surface area contributed by atoms with Gasteiger partial charge in [0.05, 0.1) is 0 Å². The molecule has 0 bridgehead atoms. The topological polar surface area (TPSA) is 66.6 Å². The number of benzene rings is 2. The number of nitrogens with two attached hydrogens (primary N) is 1. The molecule has 4 nitrogen and oxygen atoms in total. The number of hydrogen-bond acceptors (Lipinski definition) is 3. The summed E-state index contributed by atoms with van der Waals surface area (Å²) in [6, 6.07) is 13.7. The number of nitrogen functional groups attached to an aromatic ring is 1. The van der Waals surface area contributed by atoms with E-state index >= 15 is 0 Å². The van der Waals surface area contributed by atoms with E-state index in [1.807, 2.05) is 18.2 Å². The zero-order valence-corrected chi connectivity index (χ0v) is 10.7. The molecule has 0 saturated carbocycles. The standard InChI is InChI=1S/C15H16N2O2/c1-17(10-11-4-2-6-13(16)8-11)15(19)12-5-3-7-14(18)9-12/h2-9,18H,10,16H2,1H3. The number of phenolic OH excluding ortho intramolecular Hbond substituents is 1. The SMILES string of the molecule is CN(Cc1cccc(N)c1)C(=O)c1cccc(O)c1. The molecule has 4 heteroatoms. The van der Waals surface area contributed by atoms with Gasteiger partial charge < -0.3 is 15.7 Å². The van der Waals surface area contributed by atoms with Gasteiger partial charge in [0.1, 0.15) is 5.75 Å². The van der Waals surface area contributed by atoms with E-state index in [1.165, 1.54) is 12.1 Å². The first-order chi connectivity index (χ1) is 9.06. The summed E-state index contributed by atoms with van der Waals surface area (Å²) in [6.07, 6.45) is 0. The minimum absolute atomic E-state index is 0.0863. The molecule has 0 heterocycles. The molecule has 19 heavy (non-hydrogen) atoms. The van der Waals surface area contributed by atoms with Crippen molar-refractivity contribution in [3.05, 3.63) is 59.7 Å². The number of nitrogens with zero attached hydrogens (tertiary/aromatic N) is 1. The van der Waals surface area contributed by atoms with Gasteiger partial charge in [0.25, 0.3) is 5.91 Å². The highest BCUT2D eigenvalue weighted by Gasteiger charge is 2.12. The van der Waals surface area contributed by atoms with Gasteiger partial charge in [0, 0.05) is 24.8 Å². The van der Waals surface area contributed by atoms with E-state index in [0.29, 0.717) is 17.8 Å². The fraction of sp³-hybridized carbons (Fsp3) is 0.133. The maximum Gasteiger partial charge on any atom is 0.254 e. The molecule has 0 fully saturated rings. The molecule has 0 radical (unpaired) electrons. The van der Waals surface area contributed by atoms with Crippen molar-refractivity contribution in [3.8, 4) is 5.75 Å². The van der Waals surface area contributed by atoms with Crippen molar-refractivity contribution in [2.75, 3.05) is 12.8 Å². The molecular formula is C15H16N2O2. The highest BCUT2D eigenvalue weighted by atomic mass is 16.3. The zero-order valence-electron chi connectivity index (χ0n) is 10.7. The first-order valence-corrected chi connectivity index (χ1v) is 5.95. The Bertz CT molecular complexity index is 596. The largest absolute Gasteiger partial charge is 0.508 e. The van der Waals surface area contributed by atoms with Gasteiger partial charge in [-0.15, -0.1) is 0 Å². The Balaban J connectivity index is 2.12. The molecular weight excluding hydrogens is 240 g/mol. The number of aromatic hydroxyl groups is 1. The van der Waals surface area contributed by atoms with Gasteiger partial charge >= 0.3 is 0 Å². The van der Waals surface area contributed by atoms with Crippen LogP contribution >= 0.6 is 0 Å². The second-order valence-electron chi connectivity index (χ2n) is 4.46. The number of phenols is 1. The number of carbonyl (C=O) groups is 1. The van der Waals surface area contributed by atoms with Gasteiger partial charge in [-0.25, -0.2) is 0 Å². The molecule has 0 aliphatic carbocycles. The Morgan fingerprint density at radius 1 is 1.21 bits per heavy atom. The molecule has 0 aliphatic rings. The molecule has 3 N–H and O–H groups in total. The van der Waals surface area contributed by atoms with Crippen LogP contribution in [0.2, 0.25) is 0 Å². The lowest BCUT2D eigenvalue weighted by Crippen LogP contribution is -2.26. The third kappa shape index (κ3) is 3.25. The van der Waals surface area contributed by atoms with Crippen LogP contribution in [0.15, 0.2) is 48.5 Å². The fourth-order valence-corrected chi connectivity index (χ4v) is 1.90. The third-order valence-electron chi connectivity index (χ3n) is 2.81. The molecule has 0 aliphatic heterocycles. The monoisotopic (exact) mass is 256 g/mol. The summed E-state index contributed by atoms with van der Waals surface area (Å²) in [4.78, 5) is 13.8. The highest BCUT2D eigenvalue weighted by Crippen LogP contribution is 2.14. The molecule has 98 valence electrons. The lowest BCUT2D eigenvalue weighted by molar-refractivity contribution is 0.0784. The van der Waals surface area contributed by atoms with E-state index < -0.39 is 0 Å². The van der Waals surface area contributed by atoms with Crippen LogP contribution < -0.4 is 5.73 Å². The summed E-state index contributed by atoms with van der Waals surface area (Å²) in [6.45, 7) is 0.472. The van der Waals surface area contributed by atoms with E-state index in [9.17, 15) is 9.90 Å². The van der Waals surface area contributed by atoms with Crippen LogP contribution in [0.5, 0.6) is 5.75 Å². The molecule has 2 aromatic carbocycles. The number of rotatable bonds is 3. The maximum atomic E-state index is 12.2. The van der Waals surface area contributed by atoms with E-state index in [0.717, 1.165) is 5.56 Å². The van der Waals surface area contributed by atoms with Crippen LogP contribution in [-0.4, -0.2) is 23.0 Å². The lowest BCUT2D eigenvalue weighted by atomic mass is 10.1. The van der Waals surface area contributed by atoms with Crippen LogP contribution in [0.3, 0.4) is 0 Å². The molecule has 0 atom stereocenters. The summed E-state index contributed by atoms with van der Waals surface area (Å²) in [5, 5.41) is 9.38. The molecule has 2 aromatic rings. The number of amides is 1. The quantitative estimate of drug-likeness (QED) is 0.828. The smallest absolute Gasteiger partial charge is 0.254 e. The average molecular weight is 256 g/mol. The van der Waals surface area contributed by atoms with Crippen molar-refractivity contribution in [1.82, 2.24) is 4.90 Å². The number of hydrogen-bond donors (Lipinski definition) is 2. The Morgan fingerprint density at radius 3 is 2.63 bits per heavy atom. The minimum atomic E-state index is -0.140. The Kier molecular flexibility index (Phi) is 3.71. The number of carbonyl (C=O) groups excluding carboxylic acids is 1. The minimum Gasteiger partial charge on any atom is -0.508 e. The van der Waals surface area contributed by atoms with E-state index in [-0.39, 0.29) is 11.7 Å². The van der Waals surface area contributed by atoms with E-state index in [1.54, 1.807) is 30.1 Å². The highest BCUT2D eigenvalue weighted by molar-refractivity contribution is 5.94. The maximum absolute atomic E-state index is 12.2. The van der Waals surface area contributed by atoms with Crippen molar-refractivity contribution in [1.29, 1.82) is 0 Å². The predicted octanol–water partition coefficient (Wildman–Crippen LogP) is 2.25.